The van der Waals surface area contributed by atoms with Gasteiger partial charge >= 0.3 is 11.9 Å². The molecule has 0 spiro atoms. The molecule has 0 aromatic rings. The minimum Gasteiger partial charge on any atom is -0.477 e. The van der Waals surface area contributed by atoms with E-state index >= 15 is 0 Å². The Kier molecular flexibility index (Phi) is 4.00. The minimum absolute atomic E-state index is 0.274. The summed E-state index contributed by atoms with van der Waals surface area (Å²) in [5.74, 6) is -5.55. The van der Waals surface area contributed by atoms with Gasteiger partial charge in [0.25, 0.3) is 0 Å². The molecule has 0 rings (SSSR count). The molecule has 2 nitrogen and oxygen atoms in total. The fourth-order valence-corrected chi connectivity index (χ4v) is 0.704. The summed E-state index contributed by atoms with van der Waals surface area (Å²) >= 11 is 0. The van der Waals surface area contributed by atoms with Crippen molar-refractivity contribution in [3.63, 3.8) is 0 Å². The molecule has 0 aliphatic rings. The average Bonchev–Trinajstić information content (AvgIpc) is 1.88. The molecule has 0 aliphatic heterocycles. The van der Waals surface area contributed by atoms with Gasteiger partial charge in [0.1, 0.15) is 0 Å². The SMILES string of the molecule is CCCCCC(F)(F)C(=O)O. The van der Waals surface area contributed by atoms with Crippen molar-refractivity contribution in [3.05, 3.63) is 0 Å². The van der Waals surface area contributed by atoms with Crippen LogP contribution in [0.2, 0.25) is 0 Å². The molecule has 0 atom stereocenters. The van der Waals surface area contributed by atoms with Crippen LogP contribution in [-0.4, -0.2) is 17.0 Å². The molecule has 0 bridgehead atoms. The quantitative estimate of drug-likeness (QED) is 0.636. The molecule has 0 heterocycles. The van der Waals surface area contributed by atoms with Gasteiger partial charge < -0.3 is 5.11 Å². The van der Waals surface area contributed by atoms with Gasteiger partial charge in [-0.1, -0.05) is 19.8 Å². The predicted octanol–water partition coefficient (Wildman–Crippen LogP) is 2.29. The smallest absolute Gasteiger partial charge is 0.374 e. The van der Waals surface area contributed by atoms with Crippen LogP contribution in [0.15, 0.2) is 0 Å². The standard InChI is InChI=1S/C7H12F2O2/c1-2-3-4-5-7(8,9)6(10)11/h2-5H2,1H3,(H,10,11). The summed E-state index contributed by atoms with van der Waals surface area (Å²) in [6, 6.07) is 0. The van der Waals surface area contributed by atoms with Crippen LogP contribution in [0, 0.1) is 0 Å². The molecule has 4 heteroatoms. The van der Waals surface area contributed by atoms with Gasteiger partial charge in [0.15, 0.2) is 0 Å². The lowest BCUT2D eigenvalue weighted by Crippen LogP contribution is -2.27. The topological polar surface area (TPSA) is 37.3 Å². The molecule has 0 aromatic heterocycles. The Labute approximate surface area is 64.2 Å². The fourth-order valence-electron chi connectivity index (χ4n) is 0.704. The lowest BCUT2D eigenvalue weighted by molar-refractivity contribution is -0.165. The Morgan fingerprint density at radius 2 is 2.00 bits per heavy atom. The fraction of sp³-hybridized carbons (Fsp3) is 0.857. The molecule has 0 unspecified atom stereocenters. The highest BCUT2D eigenvalue weighted by Gasteiger charge is 2.37. The number of aliphatic carboxylic acids is 1. The van der Waals surface area contributed by atoms with E-state index in [1.54, 1.807) is 0 Å². The third-order valence-electron chi connectivity index (χ3n) is 1.41. The van der Waals surface area contributed by atoms with E-state index in [9.17, 15) is 13.6 Å². The number of hydrogen-bond acceptors (Lipinski definition) is 1. The van der Waals surface area contributed by atoms with Gasteiger partial charge in [0.2, 0.25) is 0 Å². The van der Waals surface area contributed by atoms with Crippen molar-refractivity contribution in [2.75, 3.05) is 0 Å². The lowest BCUT2D eigenvalue weighted by atomic mass is 10.1. The maximum atomic E-state index is 12.3. The Hall–Kier alpha value is -0.670. The van der Waals surface area contributed by atoms with Crippen LogP contribution >= 0.6 is 0 Å². The van der Waals surface area contributed by atoms with Crippen LogP contribution < -0.4 is 0 Å². The summed E-state index contributed by atoms with van der Waals surface area (Å²) in [5, 5.41) is 7.99. The lowest BCUT2D eigenvalue weighted by Gasteiger charge is -2.09. The van der Waals surface area contributed by atoms with E-state index in [1.165, 1.54) is 0 Å². The highest BCUT2D eigenvalue weighted by Crippen LogP contribution is 2.21. The van der Waals surface area contributed by atoms with Crippen molar-refractivity contribution in [2.45, 2.75) is 38.5 Å². The second-order valence-corrected chi connectivity index (χ2v) is 2.47. The molecule has 0 amide bonds. The van der Waals surface area contributed by atoms with Gasteiger partial charge in [-0.05, 0) is 6.42 Å². The zero-order valence-corrected chi connectivity index (χ0v) is 6.44. The monoisotopic (exact) mass is 166 g/mol. The number of hydrogen-bond donors (Lipinski definition) is 1. The highest BCUT2D eigenvalue weighted by atomic mass is 19.3. The third-order valence-corrected chi connectivity index (χ3v) is 1.41. The number of rotatable bonds is 5. The van der Waals surface area contributed by atoms with E-state index in [0.717, 1.165) is 6.42 Å². The molecule has 0 saturated heterocycles. The van der Waals surface area contributed by atoms with Gasteiger partial charge in [-0.2, -0.15) is 8.78 Å². The van der Waals surface area contributed by atoms with Crippen molar-refractivity contribution in [1.29, 1.82) is 0 Å². The van der Waals surface area contributed by atoms with Crippen molar-refractivity contribution in [1.82, 2.24) is 0 Å². The average molecular weight is 166 g/mol. The second kappa shape index (κ2) is 4.26. The van der Waals surface area contributed by atoms with E-state index in [-0.39, 0.29) is 6.42 Å². The van der Waals surface area contributed by atoms with E-state index < -0.39 is 18.3 Å². The molecule has 0 fully saturated rings. The second-order valence-electron chi connectivity index (χ2n) is 2.47. The Bertz CT molecular complexity index is 134. The van der Waals surface area contributed by atoms with Crippen LogP contribution in [0.3, 0.4) is 0 Å². The number of carboxylic acids is 1. The predicted molar refractivity (Wildman–Crippen MR) is 36.7 cm³/mol. The summed E-state index contributed by atoms with van der Waals surface area (Å²) < 4.78 is 24.5. The summed E-state index contributed by atoms with van der Waals surface area (Å²) in [4.78, 5) is 9.87. The molecule has 1 N–H and O–H groups in total. The van der Waals surface area contributed by atoms with Crippen molar-refractivity contribution >= 4 is 5.97 Å². The number of unbranched alkanes of at least 4 members (excludes halogenated alkanes) is 2. The largest absolute Gasteiger partial charge is 0.477 e. The number of alkyl halides is 2. The van der Waals surface area contributed by atoms with Crippen molar-refractivity contribution < 1.29 is 18.7 Å². The summed E-state index contributed by atoms with van der Waals surface area (Å²) in [6.07, 6.45) is 1.20. The summed E-state index contributed by atoms with van der Waals surface area (Å²) in [6.45, 7) is 1.87. The van der Waals surface area contributed by atoms with Gasteiger partial charge in [-0.3, -0.25) is 0 Å². The Morgan fingerprint density at radius 1 is 1.45 bits per heavy atom. The normalized spacial score (nSPS) is 11.5. The zero-order chi connectivity index (χ0) is 8.91. The third kappa shape index (κ3) is 3.91. The summed E-state index contributed by atoms with van der Waals surface area (Å²) in [7, 11) is 0. The van der Waals surface area contributed by atoms with E-state index in [0.29, 0.717) is 6.42 Å². The maximum Gasteiger partial charge on any atom is 0.374 e. The highest BCUT2D eigenvalue weighted by molar-refractivity contribution is 5.75. The van der Waals surface area contributed by atoms with Crippen molar-refractivity contribution in [2.24, 2.45) is 0 Å². The van der Waals surface area contributed by atoms with Crippen LogP contribution in [0.25, 0.3) is 0 Å². The Morgan fingerprint density at radius 3 is 2.36 bits per heavy atom. The van der Waals surface area contributed by atoms with Crippen LogP contribution in [0.5, 0.6) is 0 Å². The molecule has 0 saturated carbocycles. The molecular formula is C7H12F2O2. The molecule has 11 heavy (non-hydrogen) atoms. The Balaban J connectivity index is 3.64. The number of carbonyl (C=O) groups is 1. The maximum absolute atomic E-state index is 12.3. The molecule has 0 aromatic carbocycles. The first-order valence-electron chi connectivity index (χ1n) is 3.62. The van der Waals surface area contributed by atoms with Gasteiger partial charge in [-0.25, -0.2) is 4.79 Å². The molecule has 0 aliphatic carbocycles. The van der Waals surface area contributed by atoms with Crippen LogP contribution in [0.1, 0.15) is 32.6 Å². The van der Waals surface area contributed by atoms with Crippen LogP contribution in [-0.2, 0) is 4.79 Å². The minimum atomic E-state index is -3.53. The van der Waals surface area contributed by atoms with Gasteiger partial charge in [-0.15, -0.1) is 0 Å². The zero-order valence-electron chi connectivity index (χ0n) is 6.44. The van der Waals surface area contributed by atoms with Gasteiger partial charge in [0, 0.05) is 6.42 Å². The summed E-state index contributed by atoms with van der Waals surface area (Å²) in [5.41, 5.74) is 0. The number of halogens is 2. The van der Waals surface area contributed by atoms with E-state index in [2.05, 4.69) is 0 Å². The number of carboxylic acid groups (broad SMARTS) is 1. The van der Waals surface area contributed by atoms with Crippen molar-refractivity contribution in [3.8, 4) is 0 Å². The molecule has 66 valence electrons. The molecule has 0 radical (unpaired) electrons. The van der Waals surface area contributed by atoms with Crippen LogP contribution in [0.4, 0.5) is 8.78 Å². The first-order chi connectivity index (χ1) is 5.00. The van der Waals surface area contributed by atoms with E-state index in [4.69, 9.17) is 5.11 Å². The molecular weight excluding hydrogens is 154 g/mol. The van der Waals surface area contributed by atoms with Gasteiger partial charge in [0.05, 0.1) is 0 Å². The first-order valence-corrected chi connectivity index (χ1v) is 3.62. The van der Waals surface area contributed by atoms with E-state index in [1.807, 2.05) is 6.92 Å². The first kappa shape index (κ1) is 10.3.